The number of nitrogens with two attached hydrogens (primary N) is 1. The molecule has 0 radical (unpaired) electrons. The highest BCUT2D eigenvalue weighted by molar-refractivity contribution is 6.01. The summed E-state index contributed by atoms with van der Waals surface area (Å²) in [6, 6.07) is 5.63. The first-order chi connectivity index (χ1) is 12.4. The van der Waals surface area contributed by atoms with Crippen molar-refractivity contribution in [3.05, 3.63) is 46.9 Å². The van der Waals surface area contributed by atoms with Crippen LogP contribution < -0.4 is 5.73 Å². The van der Waals surface area contributed by atoms with E-state index in [4.69, 9.17) is 10.7 Å². The molecule has 3 heterocycles. The summed E-state index contributed by atoms with van der Waals surface area (Å²) in [7, 11) is 0. The zero-order chi connectivity index (χ0) is 18.6. The number of nitrogens with one attached hydrogen (secondary N) is 1. The van der Waals surface area contributed by atoms with E-state index in [1.807, 2.05) is 38.3 Å². The molecule has 0 bridgehead atoms. The third kappa shape index (κ3) is 2.17. The molecule has 0 unspecified atom stereocenters. The Labute approximate surface area is 150 Å². The number of hydrogen-bond acceptors (Lipinski definition) is 5. The van der Waals surface area contributed by atoms with Crippen LogP contribution in [-0.4, -0.2) is 29.8 Å². The zero-order valence-corrected chi connectivity index (χ0v) is 15.1. The highest BCUT2D eigenvalue weighted by Gasteiger charge is 2.23. The van der Waals surface area contributed by atoms with Gasteiger partial charge in [0.25, 0.3) is 0 Å². The van der Waals surface area contributed by atoms with Gasteiger partial charge in [0, 0.05) is 16.6 Å². The predicted molar refractivity (Wildman–Crippen MR) is 101 cm³/mol. The lowest BCUT2D eigenvalue weighted by atomic mass is 10.1. The molecule has 0 atom stereocenters. The molecule has 0 aliphatic carbocycles. The minimum atomic E-state index is 0.219. The van der Waals surface area contributed by atoms with Gasteiger partial charge < -0.3 is 10.8 Å². The molecule has 0 aliphatic heterocycles. The van der Waals surface area contributed by atoms with Gasteiger partial charge >= 0.3 is 0 Å². The number of aromatic nitrogens is 5. The molecule has 26 heavy (non-hydrogen) atoms. The van der Waals surface area contributed by atoms with Crippen LogP contribution in [0.2, 0.25) is 0 Å². The van der Waals surface area contributed by atoms with Crippen molar-refractivity contribution in [1.29, 1.82) is 0 Å². The van der Waals surface area contributed by atoms with E-state index in [1.54, 1.807) is 6.07 Å². The van der Waals surface area contributed by atoms with Crippen LogP contribution in [0.1, 0.15) is 22.4 Å². The van der Waals surface area contributed by atoms with E-state index in [1.165, 1.54) is 6.33 Å². The molecule has 4 N–H and O–H groups in total. The van der Waals surface area contributed by atoms with Crippen LogP contribution >= 0.6 is 0 Å². The lowest BCUT2D eigenvalue weighted by Gasteiger charge is -2.15. The smallest absolute Gasteiger partial charge is 0.159 e. The Morgan fingerprint density at radius 2 is 1.88 bits per heavy atom. The Balaban J connectivity index is 2.20. The van der Waals surface area contributed by atoms with Gasteiger partial charge in [-0.2, -0.15) is 5.10 Å². The van der Waals surface area contributed by atoms with Crippen LogP contribution in [0, 0.1) is 27.7 Å². The molecule has 7 nitrogen and oxygen atoms in total. The summed E-state index contributed by atoms with van der Waals surface area (Å²) in [4.78, 5) is 9.08. The molecule has 4 rings (SSSR count). The molecule has 132 valence electrons. The maximum atomic E-state index is 10.2. The van der Waals surface area contributed by atoms with E-state index < -0.39 is 0 Å². The Morgan fingerprint density at radius 3 is 2.58 bits per heavy atom. The van der Waals surface area contributed by atoms with E-state index in [-0.39, 0.29) is 5.75 Å². The topological polar surface area (TPSA) is 106 Å². The summed E-state index contributed by atoms with van der Waals surface area (Å²) in [6.45, 7) is 7.85. The van der Waals surface area contributed by atoms with E-state index in [0.29, 0.717) is 11.6 Å². The van der Waals surface area contributed by atoms with Gasteiger partial charge in [0.15, 0.2) is 5.82 Å². The highest BCUT2D eigenvalue weighted by atomic mass is 16.3. The number of nitrogens with zero attached hydrogens (tertiary/aromatic N) is 4. The van der Waals surface area contributed by atoms with Gasteiger partial charge in [-0.15, -0.1) is 0 Å². The summed E-state index contributed by atoms with van der Waals surface area (Å²) < 4.78 is 1.89. The average molecular weight is 348 g/mol. The Bertz CT molecular complexity index is 1140. The van der Waals surface area contributed by atoms with Gasteiger partial charge in [-0.05, 0) is 51.0 Å². The Morgan fingerprint density at radius 1 is 1.12 bits per heavy atom. The number of rotatable bonds is 2. The predicted octanol–water partition coefficient (Wildman–Crippen LogP) is 3.33. The number of aromatic hydroxyl groups is 1. The molecule has 0 aliphatic rings. The Hall–Kier alpha value is -3.35. The van der Waals surface area contributed by atoms with Gasteiger partial charge in [-0.1, -0.05) is 6.07 Å². The average Bonchev–Trinajstić information content (AvgIpc) is 3.20. The monoisotopic (exact) mass is 348 g/mol. The van der Waals surface area contributed by atoms with E-state index in [0.717, 1.165) is 44.7 Å². The first-order valence-electron chi connectivity index (χ1n) is 8.33. The first-order valence-corrected chi connectivity index (χ1v) is 8.33. The van der Waals surface area contributed by atoms with Crippen molar-refractivity contribution in [2.24, 2.45) is 0 Å². The molecule has 0 spiro atoms. The number of H-pyrrole nitrogens is 1. The molecule has 0 saturated heterocycles. The largest absolute Gasteiger partial charge is 0.508 e. The summed E-state index contributed by atoms with van der Waals surface area (Å²) >= 11 is 0. The van der Waals surface area contributed by atoms with Crippen molar-refractivity contribution in [3.8, 4) is 22.8 Å². The second kappa shape index (κ2) is 5.59. The number of aromatic amines is 1. The van der Waals surface area contributed by atoms with Gasteiger partial charge in [0.1, 0.15) is 23.5 Å². The third-order valence-corrected chi connectivity index (χ3v) is 4.90. The number of phenolic OH excluding ortho intramolecular Hbond substituents is 1. The SMILES string of the molecule is Cc1cc2c(-c3ncn[nH]3)c(N)n(-c3c(C)ccc(O)c3C)c2nc1C. The van der Waals surface area contributed by atoms with Crippen LogP contribution in [0.3, 0.4) is 0 Å². The molecule has 7 heteroatoms. The lowest BCUT2D eigenvalue weighted by Crippen LogP contribution is -2.06. The number of aryl methyl sites for hydroxylation is 3. The number of fused-ring (bicyclic) bond motifs is 1. The standard InChI is InChI=1S/C19H20N6O/c1-9-5-6-14(26)11(3)16(9)25-17(20)15(18-21-8-22-24-18)13-7-10(2)12(4)23-19(13)25/h5-8,26H,20H2,1-4H3,(H,21,22,24). The number of anilines is 1. The van der Waals surface area contributed by atoms with Crippen molar-refractivity contribution < 1.29 is 5.11 Å². The number of phenols is 1. The van der Waals surface area contributed by atoms with Crippen molar-refractivity contribution in [2.75, 3.05) is 5.73 Å². The third-order valence-electron chi connectivity index (χ3n) is 4.90. The fourth-order valence-corrected chi connectivity index (χ4v) is 3.38. The van der Waals surface area contributed by atoms with Gasteiger partial charge in [-0.25, -0.2) is 9.97 Å². The van der Waals surface area contributed by atoms with Gasteiger partial charge in [0.2, 0.25) is 0 Å². The number of hydrogen-bond donors (Lipinski definition) is 3. The minimum absolute atomic E-state index is 0.219. The van der Waals surface area contributed by atoms with Gasteiger partial charge in [0.05, 0.1) is 11.3 Å². The molecule has 0 fully saturated rings. The maximum Gasteiger partial charge on any atom is 0.159 e. The second-order valence-corrected chi connectivity index (χ2v) is 6.57. The first kappa shape index (κ1) is 16.1. The van der Waals surface area contributed by atoms with Crippen LogP contribution in [-0.2, 0) is 0 Å². The zero-order valence-electron chi connectivity index (χ0n) is 15.1. The summed E-state index contributed by atoms with van der Waals surface area (Å²) in [5, 5.41) is 18.0. The van der Waals surface area contributed by atoms with Crippen molar-refractivity contribution in [3.63, 3.8) is 0 Å². The van der Waals surface area contributed by atoms with Crippen molar-refractivity contribution in [1.82, 2.24) is 24.7 Å². The molecular weight excluding hydrogens is 328 g/mol. The quantitative estimate of drug-likeness (QED) is 0.515. The van der Waals surface area contributed by atoms with E-state index in [2.05, 4.69) is 21.2 Å². The maximum absolute atomic E-state index is 10.2. The summed E-state index contributed by atoms with van der Waals surface area (Å²) in [6.07, 6.45) is 1.46. The van der Waals surface area contributed by atoms with E-state index in [9.17, 15) is 5.11 Å². The molecule has 3 aromatic heterocycles. The fourth-order valence-electron chi connectivity index (χ4n) is 3.38. The molecule has 0 saturated carbocycles. The van der Waals surface area contributed by atoms with Crippen molar-refractivity contribution in [2.45, 2.75) is 27.7 Å². The number of pyridine rings is 1. The summed E-state index contributed by atoms with van der Waals surface area (Å²) in [5.74, 6) is 1.31. The molecule has 1 aromatic carbocycles. The van der Waals surface area contributed by atoms with Crippen LogP contribution in [0.5, 0.6) is 5.75 Å². The van der Waals surface area contributed by atoms with Crippen molar-refractivity contribution >= 4 is 16.9 Å². The van der Waals surface area contributed by atoms with E-state index >= 15 is 0 Å². The normalized spacial score (nSPS) is 11.4. The van der Waals surface area contributed by atoms with Crippen LogP contribution in [0.4, 0.5) is 5.82 Å². The summed E-state index contributed by atoms with van der Waals surface area (Å²) in [5.41, 5.74) is 12.6. The second-order valence-electron chi connectivity index (χ2n) is 6.57. The molecular formula is C19H20N6O. The molecule has 4 aromatic rings. The highest BCUT2D eigenvalue weighted by Crippen LogP contribution is 2.39. The number of benzene rings is 1. The fraction of sp³-hybridized carbons (Fsp3) is 0.211. The lowest BCUT2D eigenvalue weighted by molar-refractivity contribution is 0.470. The minimum Gasteiger partial charge on any atom is -0.508 e. The van der Waals surface area contributed by atoms with Crippen LogP contribution in [0.15, 0.2) is 24.5 Å². The van der Waals surface area contributed by atoms with Gasteiger partial charge in [-0.3, -0.25) is 9.67 Å². The Kier molecular flexibility index (Phi) is 3.47. The van der Waals surface area contributed by atoms with Crippen LogP contribution in [0.25, 0.3) is 28.1 Å². The number of nitrogen functional groups attached to an aromatic ring is 1. The molecule has 0 amide bonds.